The SMILES string of the molecule is NC(=NO)C1(C(=O)NCc2cscn2)CCCCC1. The Morgan fingerprint density at radius 3 is 2.84 bits per heavy atom. The first-order valence-corrected chi connectivity index (χ1v) is 7.27. The van der Waals surface area contributed by atoms with Crippen LogP contribution in [0.5, 0.6) is 0 Å². The van der Waals surface area contributed by atoms with Crippen molar-refractivity contribution >= 4 is 23.1 Å². The average molecular weight is 282 g/mol. The van der Waals surface area contributed by atoms with Crippen molar-refractivity contribution in [2.24, 2.45) is 16.3 Å². The Balaban J connectivity index is 2.07. The fraction of sp³-hybridized carbons (Fsp3) is 0.583. The van der Waals surface area contributed by atoms with E-state index in [1.807, 2.05) is 5.38 Å². The van der Waals surface area contributed by atoms with Crippen LogP contribution in [0, 0.1) is 5.41 Å². The first kappa shape index (κ1) is 13.8. The summed E-state index contributed by atoms with van der Waals surface area (Å²) in [5, 5.41) is 16.7. The number of hydrogen-bond acceptors (Lipinski definition) is 5. The zero-order valence-corrected chi connectivity index (χ0v) is 11.4. The number of amidine groups is 1. The van der Waals surface area contributed by atoms with E-state index >= 15 is 0 Å². The highest BCUT2D eigenvalue weighted by atomic mass is 32.1. The Labute approximate surface area is 115 Å². The number of hydrogen-bond donors (Lipinski definition) is 3. The summed E-state index contributed by atoms with van der Waals surface area (Å²) in [5.74, 6) is -0.154. The number of oxime groups is 1. The predicted octanol–water partition coefficient (Wildman–Crippen LogP) is 1.46. The molecule has 104 valence electrons. The molecule has 6 nitrogen and oxygen atoms in total. The molecular weight excluding hydrogens is 264 g/mol. The van der Waals surface area contributed by atoms with E-state index < -0.39 is 5.41 Å². The Morgan fingerprint density at radius 2 is 2.26 bits per heavy atom. The summed E-state index contributed by atoms with van der Waals surface area (Å²) in [6.07, 6.45) is 4.18. The molecule has 1 aromatic rings. The third-order valence-electron chi connectivity index (χ3n) is 3.65. The Hall–Kier alpha value is -1.63. The van der Waals surface area contributed by atoms with Gasteiger partial charge in [0.25, 0.3) is 0 Å². The van der Waals surface area contributed by atoms with Gasteiger partial charge in [0.2, 0.25) is 5.91 Å². The lowest BCUT2D eigenvalue weighted by Crippen LogP contribution is -2.50. The molecule has 1 saturated carbocycles. The van der Waals surface area contributed by atoms with E-state index in [9.17, 15) is 4.79 Å². The summed E-state index contributed by atoms with van der Waals surface area (Å²) in [7, 11) is 0. The molecule has 1 heterocycles. The maximum absolute atomic E-state index is 12.4. The Kier molecular flexibility index (Phi) is 4.36. The van der Waals surface area contributed by atoms with Crippen molar-refractivity contribution in [2.75, 3.05) is 0 Å². The van der Waals surface area contributed by atoms with Crippen molar-refractivity contribution in [3.05, 3.63) is 16.6 Å². The van der Waals surface area contributed by atoms with E-state index in [2.05, 4.69) is 15.5 Å². The molecule has 4 N–H and O–H groups in total. The molecule has 1 aliphatic rings. The second-order valence-electron chi connectivity index (χ2n) is 4.79. The van der Waals surface area contributed by atoms with Crippen LogP contribution in [0.25, 0.3) is 0 Å². The van der Waals surface area contributed by atoms with Crippen LogP contribution in [0.1, 0.15) is 37.8 Å². The zero-order valence-electron chi connectivity index (χ0n) is 10.6. The lowest BCUT2D eigenvalue weighted by atomic mass is 9.72. The van der Waals surface area contributed by atoms with Gasteiger partial charge in [0.1, 0.15) is 5.41 Å². The van der Waals surface area contributed by atoms with Crippen molar-refractivity contribution in [3.63, 3.8) is 0 Å². The van der Waals surface area contributed by atoms with Crippen LogP contribution in [0.4, 0.5) is 0 Å². The molecule has 1 amide bonds. The molecule has 1 fully saturated rings. The summed E-state index contributed by atoms with van der Waals surface area (Å²) in [4.78, 5) is 16.5. The van der Waals surface area contributed by atoms with Crippen LogP contribution >= 0.6 is 11.3 Å². The Bertz CT molecular complexity index is 452. The zero-order chi connectivity index (χ0) is 13.7. The van der Waals surface area contributed by atoms with Gasteiger partial charge in [-0.15, -0.1) is 11.3 Å². The molecule has 2 rings (SSSR count). The van der Waals surface area contributed by atoms with E-state index in [0.29, 0.717) is 19.4 Å². The van der Waals surface area contributed by atoms with Gasteiger partial charge < -0.3 is 16.3 Å². The van der Waals surface area contributed by atoms with Crippen molar-refractivity contribution in [1.82, 2.24) is 10.3 Å². The standard InChI is InChI=1S/C12H18N4O2S/c13-10(16-18)12(4-2-1-3-5-12)11(17)14-6-9-7-19-8-15-9/h7-8,18H,1-6H2,(H2,13,16)(H,14,17). The fourth-order valence-corrected chi connectivity index (χ4v) is 3.07. The average Bonchev–Trinajstić information content (AvgIpc) is 2.97. The number of nitrogens with one attached hydrogen (secondary N) is 1. The molecule has 0 aromatic carbocycles. The topological polar surface area (TPSA) is 101 Å². The van der Waals surface area contributed by atoms with Crippen molar-refractivity contribution in [3.8, 4) is 0 Å². The van der Waals surface area contributed by atoms with Crippen molar-refractivity contribution < 1.29 is 10.0 Å². The van der Waals surface area contributed by atoms with Crippen LogP contribution in [-0.2, 0) is 11.3 Å². The lowest BCUT2D eigenvalue weighted by molar-refractivity contribution is -0.129. The van der Waals surface area contributed by atoms with Gasteiger partial charge in [-0.3, -0.25) is 4.79 Å². The molecule has 0 radical (unpaired) electrons. The third kappa shape index (κ3) is 2.86. The van der Waals surface area contributed by atoms with E-state index in [1.165, 1.54) is 11.3 Å². The minimum absolute atomic E-state index is 0.0166. The van der Waals surface area contributed by atoms with Crippen LogP contribution in [-0.4, -0.2) is 21.9 Å². The highest BCUT2D eigenvalue weighted by Crippen LogP contribution is 2.36. The molecule has 0 bridgehead atoms. The minimum Gasteiger partial charge on any atom is -0.409 e. The van der Waals surface area contributed by atoms with Crippen molar-refractivity contribution in [2.45, 2.75) is 38.6 Å². The number of nitrogens with zero attached hydrogens (tertiary/aromatic N) is 2. The van der Waals surface area contributed by atoms with E-state index in [-0.39, 0.29) is 11.7 Å². The van der Waals surface area contributed by atoms with Crippen LogP contribution < -0.4 is 11.1 Å². The largest absolute Gasteiger partial charge is 0.409 e. The van der Waals surface area contributed by atoms with Gasteiger partial charge >= 0.3 is 0 Å². The molecule has 0 aliphatic heterocycles. The monoisotopic (exact) mass is 282 g/mol. The second-order valence-corrected chi connectivity index (χ2v) is 5.51. The fourth-order valence-electron chi connectivity index (χ4n) is 2.52. The first-order chi connectivity index (χ1) is 9.19. The van der Waals surface area contributed by atoms with Gasteiger partial charge in [-0.1, -0.05) is 24.4 Å². The summed E-state index contributed by atoms with van der Waals surface area (Å²) < 4.78 is 0. The molecule has 7 heteroatoms. The third-order valence-corrected chi connectivity index (χ3v) is 4.29. The lowest BCUT2D eigenvalue weighted by Gasteiger charge is -2.34. The van der Waals surface area contributed by atoms with E-state index in [0.717, 1.165) is 25.0 Å². The molecule has 1 aromatic heterocycles. The summed E-state index contributed by atoms with van der Waals surface area (Å²) in [6.45, 7) is 0.378. The predicted molar refractivity (Wildman–Crippen MR) is 72.9 cm³/mol. The number of nitrogens with two attached hydrogens (primary N) is 1. The van der Waals surface area contributed by atoms with E-state index in [4.69, 9.17) is 10.9 Å². The number of aromatic nitrogens is 1. The van der Waals surface area contributed by atoms with Crippen LogP contribution in [0.3, 0.4) is 0 Å². The van der Waals surface area contributed by atoms with Gasteiger partial charge in [-0.25, -0.2) is 4.98 Å². The quantitative estimate of drug-likeness (QED) is 0.337. The minimum atomic E-state index is -0.858. The van der Waals surface area contributed by atoms with Gasteiger partial charge in [0.15, 0.2) is 5.84 Å². The number of carbonyl (C=O) groups is 1. The second kappa shape index (κ2) is 6.01. The number of carbonyl (C=O) groups excluding carboxylic acids is 1. The maximum Gasteiger partial charge on any atom is 0.234 e. The summed E-state index contributed by atoms with van der Waals surface area (Å²) in [6, 6.07) is 0. The van der Waals surface area contributed by atoms with Gasteiger partial charge in [-0.05, 0) is 12.8 Å². The highest BCUT2D eigenvalue weighted by molar-refractivity contribution is 7.07. The molecule has 1 aliphatic carbocycles. The van der Waals surface area contributed by atoms with Crippen molar-refractivity contribution in [1.29, 1.82) is 0 Å². The first-order valence-electron chi connectivity index (χ1n) is 6.32. The number of amides is 1. The van der Waals surface area contributed by atoms with Gasteiger partial charge in [-0.2, -0.15) is 0 Å². The normalized spacial score (nSPS) is 19.1. The van der Waals surface area contributed by atoms with Crippen LogP contribution in [0.15, 0.2) is 16.0 Å². The number of rotatable bonds is 4. The molecule has 0 atom stereocenters. The Morgan fingerprint density at radius 1 is 1.53 bits per heavy atom. The summed E-state index contributed by atoms with van der Waals surface area (Å²) >= 11 is 1.49. The van der Waals surface area contributed by atoms with Gasteiger partial charge in [0, 0.05) is 5.38 Å². The molecule has 0 saturated heterocycles. The molecule has 0 unspecified atom stereocenters. The van der Waals surface area contributed by atoms with Crippen LogP contribution in [0.2, 0.25) is 0 Å². The molecule has 0 spiro atoms. The number of thiazole rings is 1. The highest BCUT2D eigenvalue weighted by Gasteiger charge is 2.43. The maximum atomic E-state index is 12.4. The van der Waals surface area contributed by atoms with Gasteiger partial charge in [0.05, 0.1) is 17.7 Å². The summed E-state index contributed by atoms with van der Waals surface area (Å²) in [5.41, 5.74) is 7.45. The van der Waals surface area contributed by atoms with E-state index in [1.54, 1.807) is 5.51 Å². The molecule has 19 heavy (non-hydrogen) atoms. The smallest absolute Gasteiger partial charge is 0.234 e. The molecular formula is C12H18N4O2S.